The zero-order valence-electron chi connectivity index (χ0n) is 5.74. The molecular weight excluding hydrogens is 155 g/mol. The van der Waals surface area contributed by atoms with Crippen LogP contribution in [0.3, 0.4) is 0 Å². The lowest BCUT2D eigenvalue weighted by Crippen LogP contribution is -2.09. The summed E-state index contributed by atoms with van der Waals surface area (Å²) in [5.74, 6) is 0. The summed E-state index contributed by atoms with van der Waals surface area (Å²) in [6.45, 7) is 1.33. The molecule has 1 radical (unpaired) electrons. The molecule has 0 unspecified atom stereocenters. The highest BCUT2D eigenvalue weighted by Crippen LogP contribution is 2.28. The summed E-state index contributed by atoms with van der Waals surface area (Å²) in [7, 11) is 0. The van der Waals surface area contributed by atoms with E-state index < -0.39 is 11.9 Å². The van der Waals surface area contributed by atoms with Gasteiger partial charge in [-0.1, -0.05) is 0 Å². The van der Waals surface area contributed by atoms with Crippen LogP contribution >= 0.6 is 0 Å². The molecule has 1 heterocycles. The number of aryl methyl sites for hydroxylation is 1. The Kier molecular flexibility index (Phi) is 1.85. The zero-order valence-corrected chi connectivity index (χ0v) is 5.74. The molecule has 1 aromatic rings. The largest absolute Gasteiger partial charge is 0.433 e. The first kappa shape index (κ1) is 8.04. The van der Waals surface area contributed by atoms with Crippen molar-refractivity contribution in [2.24, 2.45) is 0 Å². The standard InChI is InChI=1S/C7H5F3N/c1-5-3-2-4-11-6(5)7(8,9)10/h2,4H,1H3. The van der Waals surface area contributed by atoms with Crippen LogP contribution < -0.4 is 0 Å². The van der Waals surface area contributed by atoms with Crippen molar-refractivity contribution >= 4 is 0 Å². The van der Waals surface area contributed by atoms with Crippen molar-refractivity contribution in [2.45, 2.75) is 13.1 Å². The van der Waals surface area contributed by atoms with Gasteiger partial charge < -0.3 is 0 Å². The van der Waals surface area contributed by atoms with Crippen LogP contribution in [-0.4, -0.2) is 4.98 Å². The molecule has 0 saturated heterocycles. The second-order valence-corrected chi connectivity index (χ2v) is 2.06. The molecule has 0 aromatic carbocycles. The van der Waals surface area contributed by atoms with Gasteiger partial charge >= 0.3 is 6.18 Å². The highest BCUT2D eigenvalue weighted by atomic mass is 19.4. The fourth-order valence-electron chi connectivity index (χ4n) is 0.725. The number of hydrogen-bond acceptors (Lipinski definition) is 1. The van der Waals surface area contributed by atoms with Crippen molar-refractivity contribution in [1.29, 1.82) is 0 Å². The fraction of sp³-hybridized carbons (Fsp3) is 0.286. The first-order valence-electron chi connectivity index (χ1n) is 2.92. The van der Waals surface area contributed by atoms with E-state index in [4.69, 9.17) is 0 Å². The minimum absolute atomic E-state index is 0.0278. The first-order chi connectivity index (χ1) is 5.02. The second kappa shape index (κ2) is 2.53. The van der Waals surface area contributed by atoms with Crippen LogP contribution in [0.5, 0.6) is 0 Å². The summed E-state index contributed by atoms with van der Waals surface area (Å²) in [5.41, 5.74) is -0.833. The predicted octanol–water partition coefficient (Wildman–Crippen LogP) is 2.21. The smallest absolute Gasteiger partial charge is 0.251 e. The molecule has 11 heavy (non-hydrogen) atoms. The van der Waals surface area contributed by atoms with E-state index in [1.54, 1.807) is 0 Å². The summed E-state index contributed by atoms with van der Waals surface area (Å²) in [4.78, 5) is 3.19. The van der Waals surface area contributed by atoms with Gasteiger partial charge in [-0.3, -0.25) is 4.98 Å². The third-order valence-electron chi connectivity index (χ3n) is 1.20. The monoisotopic (exact) mass is 160 g/mol. The maximum absolute atomic E-state index is 12.0. The summed E-state index contributed by atoms with van der Waals surface area (Å²) in [6.07, 6.45) is -3.28. The number of alkyl halides is 3. The minimum atomic E-state index is -4.36. The van der Waals surface area contributed by atoms with Gasteiger partial charge in [-0.2, -0.15) is 13.2 Å². The van der Waals surface area contributed by atoms with Crippen LogP contribution in [0.2, 0.25) is 0 Å². The molecule has 0 amide bonds. The highest BCUT2D eigenvalue weighted by molar-refractivity contribution is 5.18. The maximum Gasteiger partial charge on any atom is 0.433 e. The Bertz CT molecular complexity index is 254. The lowest BCUT2D eigenvalue weighted by molar-refractivity contribution is -0.141. The Labute approximate surface area is 61.9 Å². The average molecular weight is 160 g/mol. The summed E-state index contributed by atoms with van der Waals surface area (Å²) in [6, 6.07) is 3.78. The third kappa shape index (κ3) is 1.69. The van der Waals surface area contributed by atoms with Crippen LogP contribution in [0.25, 0.3) is 0 Å². The molecular formula is C7H5F3N. The first-order valence-corrected chi connectivity index (χ1v) is 2.92. The molecule has 0 atom stereocenters. The molecule has 1 rings (SSSR count). The quantitative estimate of drug-likeness (QED) is 0.567. The molecule has 1 aromatic heterocycles. The average Bonchev–Trinajstić information content (AvgIpc) is 1.86. The molecule has 0 spiro atoms. The van der Waals surface area contributed by atoms with Crippen LogP contribution in [0.15, 0.2) is 12.3 Å². The van der Waals surface area contributed by atoms with E-state index in [2.05, 4.69) is 11.1 Å². The van der Waals surface area contributed by atoms with Gasteiger partial charge in [-0.15, -0.1) is 0 Å². The Morgan fingerprint density at radius 2 is 2.09 bits per heavy atom. The van der Waals surface area contributed by atoms with Gasteiger partial charge in [0.1, 0.15) is 5.69 Å². The second-order valence-electron chi connectivity index (χ2n) is 2.06. The summed E-state index contributed by atoms with van der Waals surface area (Å²) in [5, 5.41) is 0. The van der Waals surface area contributed by atoms with Crippen LogP contribution in [-0.2, 0) is 6.18 Å². The molecule has 0 aliphatic rings. The Morgan fingerprint density at radius 1 is 1.45 bits per heavy atom. The van der Waals surface area contributed by atoms with Crippen LogP contribution in [0.4, 0.5) is 13.2 Å². The molecule has 0 aliphatic carbocycles. The SMILES string of the molecule is Cc1[c]ccnc1C(F)(F)F. The maximum atomic E-state index is 12.0. The Hall–Kier alpha value is -1.06. The van der Waals surface area contributed by atoms with Crippen molar-refractivity contribution in [3.8, 4) is 0 Å². The predicted molar refractivity (Wildman–Crippen MR) is 32.8 cm³/mol. The lowest BCUT2D eigenvalue weighted by Gasteiger charge is -2.06. The Balaban J connectivity index is 3.14. The zero-order chi connectivity index (χ0) is 8.48. The molecule has 0 aliphatic heterocycles. The topological polar surface area (TPSA) is 12.9 Å². The molecule has 0 bridgehead atoms. The van der Waals surface area contributed by atoms with Gasteiger partial charge in [0.15, 0.2) is 0 Å². The fourth-order valence-corrected chi connectivity index (χ4v) is 0.725. The number of aromatic nitrogens is 1. The normalized spacial score (nSPS) is 11.6. The van der Waals surface area contributed by atoms with E-state index in [9.17, 15) is 13.2 Å². The lowest BCUT2D eigenvalue weighted by atomic mass is 10.2. The van der Waals surface area contributed by atoms with Gasteiger partial charge in [0.2, 0.25) is 0 Å². The van der Waals surface area contributed by atoms with Crippen molar-refractivity contribution < 1.29 is 13.2 Å². The van der Waals surface area contributed by atoms with Crippen LogP contribution in [0.1, 0.15) is 11.3 Å². The van der Waals surface area contributed by atoms with Crippen molar-refractivity contribution in [1.82, 2.24) is 4.98 Å². The number of nitrogens with zero attached hydrogens (tertiary/aromatic N) is 1. The Morgan fingerprint density at radius 3 is 2.45 bits per heavy atom. The molecule has 1 nitrogen and oxygen atoms in total. The molecule has 0 N–H and O–H groups in total. The molecule has 0 fully saturated rings. The van der Waals surface area contributed by atoms with Gasteiger partial charge in [-0.25, -0.2) is 0 Å². The van der Waals surface area contributed by atoms with E-state index in [1.165, 1.54) is 13.0 Å². The highest BCUT2D eigenvalue weighted by Gasteiger charge is 2.33. The van der Waals surface area contributed by atoms with E-state index in [-0.39, 0.29) is 5.56 Å². The van der Waals surface area contributed by atoms with Crippen LogP contribution in [0, 0.1) is 13.0 Å². The van der Waals surface area contributed by atoms with E-state index in [0.29, 0.717) is 0 Å². The van der Waals surface area contributed by atoms with E-state index >= 15 is 0 Å². The van der Waals surface area contributed by atoms with Crippen molar-refractivity contribution in [2.75, 3.05) is 0 Å². The van der Waals surface area contributed by atoms with Gasteiger partial charge in [0.05, 0.1) is 0 Å². The van der Waals surface area contributed by atoms with E-state index in [1.807, 2.05) is 0 Å². The minimum Gasteiger partial charge on any atom is -0.251 e. The summed E-state index contributed by atoms with van der Waals surface area (Å²) >= 11 is 0. The van der Waals surface area contributed by atoms with E-state index in [0.717, 1.165) is 6.20 Å². The molecule has 4 heteroatoms. The molecule has 0 saturated carbocycles. The summed E-state index contributed by atoms with van der Waals surface area (Å²) < 4.78 is 35.9. The van der Waals surface area contributed by atoms with Gasteiger partial charge in [0, 0.05) is 6.20 Å². The number of hydrogen-bond donors (Lipinski definition) is 0. The van der Waals surface area contributed by atoms with Crippen molar-refractivity contribution in [3.63, 3.8) is 0 Å². The van der Waals surface area contributed by atoms with Gasteiger partial charge in [0.25, 0.3) is 0 Å². The van der Waals surface area contributed by atoms with Gasteiger partial charge in [-0.05, 0) is 24.6 Å². The number of halogens is 3. The number of pyridine rings is 1. The number of rotatable bonds is 0. The third-order valence-corrected chi connectivity index (χ3v) is 1.20. The van der Waals surface area contributed by atoms with Crippen molar-refractivity contribution in [3.05, 3.63) is 29.6 Å². The molecule has 59 valence electrons.